The van der Waals surface area contributed by atoms with Crippen LogP contribution in [0.2, 0.25) is 0 Å². The normalized spacial score (nSPS) is 17.2. The summed E-state index contributed by atoms with van der Waals surface area (Å²) in [7, 11) is 1.73. The van der Waals surface area contributed by atoms with Gasteiger partial charge in [0.25, 0.3) is 0 Å². The quantitative estimate of drug-likeness (QED) is 0.768. The lowest BCUT2D eigenvalue weighted by Gasteiger charge is -2.25. The molecule has 0 N–H and O–H groups in total. The topological polar surface area (TPSA) is 40.6 Å². The van der Waals surface area contributed by atoms with Crippen LogP contribution in [0.25, 0.3) is 0 Å². The van der Waals surface area contributed by atoms with E-state index >= 15 is 0 Å². The average molecular weight is 405 g/mol. The summed E-state index contributed by atoms with van der Waals surface area (Å²) in [6.45, 7) is 1.53. The van der Waals surface area contributed by atoms with E-state index in [1.54, 1.807) is 23.7 Å². The smallest absolute Gasteiger partial charge is 0.238 e. The van der Waals surface area contributed by atoms with Crippen LogP contribution < -0.4 is 9.80 Å². The number of benzene rings is 2. The number of hydrogen-bond acceptors (Lipinski definition) is 3. The van der Waals surface area contributed by atoms with Crippen LogP contribution in [0.3, 0.4) is 0 Å². The van der Waals surface area contributed by atoms with Crippen molar-refractivity contribution in [2.45, 2.75) is 12.3 Å². The Morgan fingerprint density at radius 2 is 1.96 bits per heavy atom. The van der Waals surface area contributed by atoms with Crippen molar-refractivity contribution >= 4 is 50.9 Å². The molecule has 2 amide bonds. The lowest BCUT2D eigenvalue weighted by molar-refractivity contribution is -0.116. The van der Waals surface area contributed by atoms with Gasteiger partial charge in [-0.3, -0.25) is 14.5 Å². The molecule has 24 heavy (non-hydrogen) atoms. The van der Waals surface area contributed by atoms with Gasteiger partial charge in [-0.05, 0) is 42.0 Å². The minimum atomic E-state index is -0.0358. The van der Waals surface area contributed by atoms with Crippen molar-refractivity contribution < 1.29 is 9.59 Å². The van der Waals surface area contributed by atoms with Crippen LogP contribution >= 0.6 is 27.7 Å². The monoisotopic (exact) mass is 404 g/mol. The molecule has 0 radical (unpaired) electrons. The fourth-order valence-corrected chi connectivity index (χ4v) is 4.21. The highest BCUT2D eigenvalue weighted by atomic mass is 79.9. The van der Waals surface area contributed by atoms with Gasteiger partial charge in [-0.25, -0.2) is 0 Å². The molecule has 3 rings (SSSR count). The molecular formula is C18H17BrN2O2S. The highest BCUT2D eigenvalue weighted by Gasteiger charge is 2.34. The summed E-state index contributed by atoms with van der Waals surface area (Å²) < 4.78 is 0.998. The maximum absolute atomic E-state index is 12.4. The number of thioether (sulfide) groups is 1. The van der Waals surface area contributed by atoms with E-state index in [0.29, 0.717) is 5.75 Å². The standard InChI is InChI=1S/C18H17BrN2O2S/c1-12(22)20(2)15-6-8-16(9-7-15)21-17(23)11-24-18(21)13-4-3-5-14(19)10-13/h3-10,18H,11H2,1-2H3/t18-/m0/s1. The zero-order chi connectivity index (χ0) is 17.3. The van der Waals surface area contributed by atoms with Gasteiger partial charge in [0, 0.05) is 29.8 Å². The predicted molar refractivity (Wildman–Crippen MR) is 102 cm³/mol. The fraction of sp³-hybridized carbons (Fsp3) is 0.222. The molecule has 1 heterocycles. The molecule has 0 saturated carbocycles. The molecule has 0 spiro atoms. The highest BCUT2D eigenvalue weighted by Crippen LogP contribution is 2.42. The third-order valence-corrected chi connectivity index (χ3v) is 5.69. The number of carbonyl (C=O) groups is 2. The number of amides is 2. The second-order valence-corrected chi connectivity index (χ2v) is 7.56. The second kappa shape index (κ2) is 6.99. The molecule has 2 aromatic carbocycles. The third-order valence-electron chi connectivity index (χ3n) is 3.99. The van der Waals surface area contributed by atoms with E-state index in [0.717, 1.165) is 21.4 Å². The van der Waals surface area contributed by atoms with Crippen molar-refractivity contribution in [3.8, 4) is 0 Å². The number of anilines is 2. The first-order valence-corrected chi connectivity index (χ1v) is 9.35. The van der Waals surface area contributed by atoms with Gasteiger partial charge in [0.05, 0.1) is 5.75 Å². The van der Waals surface area contributed by atoms with E-state index in [9.17, 15) is 9.59 Å². The summed E-state index contributed by atoms with van der Waals surface area (Å²) in [5.74, 6) is 0.534. The summed E-state index contributed by atoms with van der Waals surface area (Å²) in [6.07, 6.45) is 0. The Morgan fingerprint density at radius 3 is 2.58 bits per heavy atom. The van der Waals surface area contributed by atoms with Gasteiger partial charge >= 0.3 is 0 Å². The minimum absolute atomic E-state index is 0.0254. The largest absolute Gasteiger partial charge is 0.316 e. The maximum Gasteiger partial charge on any atom is 0.238 e. The summed E-state index contributed by atoms with van der Waals surface area (Å²) in [4.78, 5) is 27.3. The van der Waals surface area contributed by atoms with E-state index in [4.69, 9.17) is 0 Å². The van der Waals surface area contributed by atoms with Crippen molar-refractivity contribution in [3.63, 3.8) is 0 Å². The van der Waals surface area contributed by atoms with E-state index < -0.39 is 0 Å². The number of carbonyl (C=O) groups excluding carboxylic acids is 2. The van der Waals surface area contributed by atoms with Crippen molar-refractivity contribution in [1.29, 1.82) is 0 Å². The van der Waals surface area contributed by atoms with Crippen LogP contribution in [0, 0.1) is 0 Å². The molecule has 6 heteroatoms. The summed E-state index contributed by atoms with van der Waals surface area (Å²) in [5.41, 5.74) is 2.74. The van der Waals surface area contributed by atoms with E-state index in [-0.39, 0.29) is 17.2 Å². The minimum Gasteiger partial charge on any atom is -0.316 e. The Kier molecular flexibility index (Phi) is 4.96. The van der Waals surface area contributed by atoms with E-state index in [1.165, 1.54) is 6.92 Å². The number of hydrogen-bond donors (Lipinski definition) is 0. The van der Waals surface area contributed by atoms with Gasteiger partial charge in [-0.2, -0.15) is 0 Å². The Balaban J connectivity index is 1.91. The van der Waals surface area contributed by atoms with Crippen LogP contribution in [0.1, 0.15) is 17.9 Å². The van der Waals surface area contributed by atoms with Crippen molar-refractivity contribution in [2.75, 3.05) is 22.6 Å². The molecule has 0 bridgehead atoms. The van der Waals surface area contributed by atoms with Gasteiger partial charge < -0.3 is 4.90 Å². The molecule has 1 saturated heterocycles. The zero-order valence-electron chi connectivity index (χ0n) is 13.4. The van der Waals surface area contributed by atoms with Gasteiger partial charge in [0.2, 0.25) is 11.8 Å². The Labute approximate surface area is 154 Å². The molecule has 124 valence electrons. The van der Waals surface area contributed by atoms with Crippen molar-refractivity contribution in [1.82, 2.24) is 0 Å². The Bertz CT molecular complexity index is 779. The molecule has 4 nitrogen and oxygen atoms in total. The van der Waals surface area contributed by atoms with Gasteiger partial charge in [0.1, 0.15) is 5.37 Å². The average Bonchev–Trinajstić information content (AvgIpc) is 2.96. The van der Waals surface area contributed by atoms with Crippen molar-refractivity contribution in [2.24, 2.45) is 0 Å². The number of nitrogens with zero attached hydrogens (tertiary/aromatic N) is 2. The SMILES string of the molecule is CC(=O)N(C)c1ccc(N2C(=O)CS[C@H]2c2cccc(Br)c2)cc1. The first-order valence-electron chi connectivity index (χ1n) is 7.51. The fourth-order valence-electron chi connectivity index (χ4n) is 2.63. The second-order valence-electron chi connectivity index (χ2n) is 5.58. The van der Waals surface area contributed by atoms with Crippen LogP contribution in [0.5, 0.6) is 0 Å². The lowest BCUT2D eigenvalue weighted by atomic mass is 10.2. The van der Waals surface area contributed by atoms with Crippen LogP contribution in [0.15, 0.2) is 53.0 Å². The molecular weight excluding hydrogens is 388 g/mol. The number of halogens is 1. The maximum atomic E-state index is 12.4. The van der Waals surface area contributed by atoms with Gasteiger partial charge in [-0.1, -0.05) is 28.1 Å². The Morgan fingerprint density at radius 1 is 1.25 bits per heavy atom. The molecule has 1 aliphatic heterocycles. The highest BCUT2D eigenvalue weighted by molar-refractivity contribution is 9.10. The van der Waals surface area contributed by atoms with Gasteiger partial charge in [-0.15, -0.1) is 11.8 Å². The molecule has 2 aromatic rings. The van der Waals surface area contributed by atoms with Crippen LogP contribution in [0.4, 0.5) is 11.4 Å². The Hall–Kier alpha value is -1.79. The molecule has 0 unspecified atom stereocenters. The first-order chi connectivity index (χ1) is 11.5. The summed E-state index contributed by atoms with van der Waals surface area (Å²) >= 11 is 5.11. The third kappa shape index (κ3) is 3.35. The van der Waals surface area contributed by atoms with Gasteiger partial charge in [0.15, 0.2) is 0 Å². The lowest BCUT2D eigenvalue weighted by Crippen LogP contribution is -2.28. The zero-order valence-corrected chi connectivity index (χ0v) is 15.8. The molecule has 1 aliphatic rings. The summed E-state index contributed by atoms with van der Waals surface area (Å²) in [6, 6.07) is 15.5. The van der Waals surface area contributed by atoms with Crippen LogP contribution in [-0.2, 0) is 9.59 Å². The molecule has 0 aromatic heterocycles. The molecule has 1 atom stereocenters. The first kappa shape index (κ1) is 17.0. The van der Waals surface area contributed by atoms with Crippen molar-refractivity contribution in [3.05, 3.63) is 58.6 Å². The molecule has 1 fully saturated rings. The predicted octanol–water partition coefficient (Wildman–Crippen LogP) is 4.21. The molecule has 0 aliphatic carbocycles. The van der Waals surface area contributed by atoms with Crippen LogP contribution in [-0.4, -0.2) is 24.6 Å². The number of rotatable bonds is 3. The van der Waals surface area contributed by atoms with E-state index in [1.807, 2.05) is 53.4 Å². The summed E-state index contributed by atoms with van der Waals surface area (Å²) in [5, 5.41) is -0.0358. The van der Waals surface area contributed by atoms with E-state index in [2.05, 4.69) is 15.9 Å².